The molecule has 2 rings (SSSR count). The summed E-state index contributed by atoms with van der Waals surface area (Å²) in [7, 11) is 0. The van der Waals surface area contributed by atoms with Crippen LogP contribution in [0.2, 0.25) is 5.15 Å². The van der Waals surface area contributed by atoms with E-state index in [1.165, 1.54) is 0 Å². The van der Waals surface area contributed by atoms with E-state index in [0.717, 1.165) is 12.8 Å². The molecule has 0 aromatic carbocycles. The second-order valence-corrected chi connectivity index (χ2v) is 4.32. The van der Waals surface area contributed by atoms with Crippen molar-refractivity contribution in [2.75, 3.05) is 0 Å². The van der Waals surface area contributed by atoms with Gasteiger partial charge in [-0.2, -0.15) is 0 Å². The number of halogens is 1. The van der Waals surface area contributed by atoms with Crippen LogP contribution >= 0.6 is 11.6 Å². The summed E-state index contributed by atoms with van der Waals surface area (Å²) < 4.78 is 11.3. The summed E-state index contributed by atoms with van der Waals surface area (Å²) >= 11 is 5.81. The first-order valence-corrected chi connectivity index (χ1v) is 5.52. The number of rotatable bonds is 4. The summed E-state index contributed by atoms with van der Waals surface area (Å²) in [6.07, 6.45) is 4.29. The van der Waals surface area contributed by atoms with Crippen LogP contribution in [0.25, 0.3) is 0 Å². The molecule has 1 fully saturated rings. The molecule has 4 heteroatoms. The van der Waals surface area contributed by atoms with Crippen LogP contribution in [0, 0.1) is 0 Å². The van der Waals surface area contributed by atoms with Crippen molar-refractivity contribution in [3.63, 3.8) is 0 Å². The first-order chi connectivity index (χ1) is 7.15. The average Bonchev–Trinajstić information content (AvgIpc) is 2.92. The smallest absolute Gasteiger partial charge is 0.179 e. The summed E-state index contributed by atoms with van der Waals surface area (Å²) in [4.78, 5) is 3.99. The fourth-order valence-electron chi connectivity index (χ4n) is 1.20. The summed E-state index contributed by atoms with van der Waals surface area (Å²) in [5, 5.41) is 0.425. The van der Waals surface area contributed by atoms with Gasteiger partial charge in [-0.1, -0.05) is 11.6 Å². The largest absolute Gasteiger partial charge is 0.487 e. The molecule has 1 saturated carbocycles. The maximum atomic E-state index is 5.81. The minimum Gasteiger partial charge on any atom is -0.487 e. The Hall–Kier alpha value is -0.960. The molecule has 3 nitrogen and oxygen atoms in total. The van der Waals surface area contributed by atoms with E-state index in [1.807, 2.05) is 13.8 Å². The van der Waals surface area contributed by atoms with Crippen LogP contribution in [0.15, 0.2) is 12.3 Å². The number of aromatic nitrogens is 1. The van der Waals surface area contributed by atoms with Gasteiger partial charge in [-0.05, 0) is 26.7 Å². The van der Waals surface area contributed by atoms with Crippen molar-refractivity contribution in [2.24, 2.45) is 0 Å². The molecule has 0 aliphatic heterocycles. The normalized spacial score (nSPS) is 15.5. The van der Waals surface area contributed by atoms with E-state index in [1.54, 1.807) is 12.3 Å². The number of nitrogens with zero attached hydrogens (tertiary/aromatic N) is 1. The minimum atomic E-state index is 0.102. The molecule has 82 valence electrons. The summed E-state index contributed by atoms with van der Waals surface area (Å²) in [6.45, 7) is 3.93. The van der Waals surface area contributed by atoms with Gasteiger partial charge in [-0.25, -0.2) is 4.98 Å². The average molecular weight is 228 g/mol. The molecule has 0 saturated heterocycles. The molecular weight excluding hydrogens is 214 g/mol. The lowest BCUT2D eigenvalue weighted by molar-refractivity contribution is 0.217. The highest BCUT2D eigenvalue weighted by atomic mass is 35.5. The van der Waals surface area contributed by atoms with Gasteiger partial charge in [0.1, 0.15) is 5.15 Å². The SMILES string of the molecule is CC(C)Oc1cc(Cl)ncc1OC1CC1. The zero-order chi connectivity index (χ0) is 10.8. The van der Waals surface area contributed by atoms with E-state index in [2.05, 4.69) is 4.98 Å². The molecule has 0 radical (unpaired) electrons. The molecular formula is C11H14ClNO2. The van der Waals surface area contributed by atoms with E-state index < -0.39 is 0 Å². The zero-order valence-corrected chi connectivity index (χ0v) is 9.62. The van der Waals surface area contributed by atoms with Crippen molar-refractivity contribution in [1.29, 1.82) is 0 Å². The number of ether oxygens (including phenoxy) is 2. The fourth-order valence-corrected chi connectivity index (χ4v) is 1.35. The lowest BCUT2D eigenvalue weighted by Crippen LogP contribution is -2.08. The molecule has 1 aromatic rings. The van der Waals surface area contributed by atoms with Crippen molar-refractivity contribution in [2.45, 2.75) is 38.9 Å². The lowest BCUT2D eigenvalue weighted by atomic mass is 10.4. The van der Waals surface area contributed by atoms with Crippen LogP contribution in [0.5, 0.6) is 11.5 Å². The molecule has 0 atom stereocenters. The topological polar surface area (TPSA) is 31.4 Å². The van der Waals surface area contributed by atoms with Gasteiger partial charge in [0.25, 0.3) is 0 Å². The maximum Gasteiger partial charge on any atom is 0.179 e. The minimum absolute atomic E-state index is 0.102. The second kappa shape index (κ2) is 4.27. The van der Waals surface area contributed by atoms with Crippen LogP contribution in [0.3, 0.4) is 0 Å². The van der Waals surface area contributed by atoms with Crippen LogP contribution in [0.4, 0.5) is 0 Å². The Morgan fingerprint density at radius 1 is 1.40 bits per heavy atom. The lowest BCUT2D eigenvalue weighted by Gasteiger charge is -2.14. The fraction of sp³-hybridized carbons (Fsp3) is 0.545. The standard InChI is InChI=1S/C11H14ClNO2/c1-7(2)14-9-5-11(12)13-6-10(9)15-8-3-4-8/h5-8H,3-4H2,1-2H3. The van der Waals surface area contributed by atoms with Gasteiger partial charge in [0.2, 0.25) is 0 Å². The Kier molecular flexibility index (Phi) is 3.00. The van der Waals surface area contributed by atoms with E-state index in [9.17, 15) is 0 Å². The van der Waals surface area contributed by atoms with Crippen molar-refractivity contribution in [3.05, 3.63) is 17.4 Å². The van der Waals surface area contributed by atoms with Crippen molar-refractivity contribution in [3.8, 4) is 11.5 Å². The van der Waals surface area contributed by atoms with Gasteiger partial charge in [-0.15, -0.1) is 0 Å². The summed E-state index contributed by atoms with van der Waals surface area (Å²) in [5.74, 6) is 1.37. The highest BCUT2D eigenvalue weighted by Crippen LogP contribution is 2.34. The van der Waals surface area contributed by atoms with Gasteiger partial charge in [0, 0.05) is 6.07 Å². The molecule has 0 unspecified atom stereocenters. The van der Waals surface area contributed by atoms with E-state index in [4.69, 9.17) is 21.1 Å². The van der Waals surface area contributed by atoms with Crippen molar-refractivity contribution < 1.29 is 9.47 Å². The second-order valence-electron chi connectivity index (χ2n) is 3.94. The molecule has 0 spiro atoms. The Morgan fingerprint density at radius 3 is 2.73 bits per heavy atom. The molecule has 1 aliphatic rings. The van der Waals surface area contributed by atoms with Gasteiger partial charge in [0.15, 0.2) is 11.5 Å². The summed E-state index contributed by atoms with van der Waals surface area (Å²) in [5.41, 5.74) is 0. The first-order valence-electron chi connectivity index (χ1n) is 5.14. The van der Waals surface area contributed by atoms with E-state index >= 15 is 0 Å². The van der Waals surface area contributed by atoms with Crippen LogP contribution < -0.4 is 9.47 Å². The van der Waals surface area contributed by atoms with Gasteiger partial charge < -0.3 is 9.47 Å². The predicted molar refractivity (Wildman–Crippen MR) is 58.7 cm³/mol. The quantitative estimate of drug-likeness (QED) is 0.741. The Balaban J connectivity index is 2.17. The predicted octanol–water partition coefficient (Wildman–Crippen LogP) is 3.06. The molecule has 0 amide bonds. The van der Waals surface area contributed by atoms with Crippen LogP contribution in [-0.2, 0) is 0 Å². The Morgan fingerprint density at radius 2 is 2.13 bits per heavy atom. The van der Waals surface area contributed by atoms with Gasteiger partial charge >= 0.3 is 0 Å². The third-order valence-corrected chi connectivity index (χ3v) is 2.19. The number of hydrogen-bond acceptors (Lipinski definition) is 3. The molecule has 1 aliphatic carbocycles. The highest BCUT2D eigenvalue weighted by molar-refractivity contribution is 6.29. The Bertz CT molecular complexity index is 350. The summed E-state index contributed by atoms with van der Waals surface area (Å²) in [6, 6.07) is 1.69. The van der Waals surface area contributed by atoms with Gasteiger partial charge in [-0.3, -0.25) is 0 Å². The number of hydrogen-bond donors (Lipinski definition) is 0. The zero-order valence-electron chi connectivity index (χ0n) is 8.87. The third kappa shape index (κ3) is 2.99. The molecule has 15 heavy (non-hydrogen) atoms. The third-order valence-electron chi connectivity index (χ3n) is 1.98. The Labute approximate surface area is 94.4 Å². The molecule has 1 heterocycles. The molecule has 0 bridgehead atoms. The van der Waals surface area contributed by atoms with Crippen molar-refractivity contribution in [1.82, 2.24) is 4.98 Å². The molecule has 1 aromatic heterocycles. The van der Waals surface area contributed by atoms with Crippen LogP contribution in [0.1, 0.15) is 26.7 Å². The maximum absolute atomic E-state index is 5.81. The first kappa shape index (κ1) is 10.6. The molecule has 0 N–H and O–H groups in total. The van der Waals surface area contributed by atoms with Crippen molar-refractivity contribution >= 4 is 11.6 Å². The van der Waals surface area contributed by atoms with Crippen LogP contribution in [-0.4, -0.2) is 17.2 Å². The van der Waals surface area contributed by atoms with E-state index in [0.29, 0.717) is 22.8 Å². The monoisotopic (exact) mass is 227 g/mol. The van der Waals surface area contributed by atoms with Gasteiger partial charge in [0.05, 0.1) is 18.4 Å². The van der Waals surface area contributed by atoms with E-state index in [-0.39, 0.29) is 6.10 Å². The highest BCUT2D eigenvalue weighted by Gasteiger charge is 2.25. The number of pyridine rings is 1.